The number of hydrogen-bond donors (Lipinski definition) is 2. The van der Waals surface area contributed by atoms with Crippen LogP contribution in [0.25, 0.3) is 10.8 Å². The zero-order chi connectivity index (χ0) is 27.5. The van der Waals surface area contributed by atoms with Crippen molar-refractivity contribution in [2.75, 3.05) is 10.8 Å². The van der Waals surface area contributed by atoms with E-state index in [4.69, 9.17) is 11.6 Å². The monoisotopic (exact) mass is 561 g/mol. The molecule has 0 aliphatic heterocycles. The summed E-state index contributed by atoms with van der Waals surface area (Å²) in [4.78, 5) is 12.5. The lowest BCUT2D eigenvalue weighted by Crippen LogP contribution is -2.40. The fourth-order valence-electron chi connectivity index (χ4n) is 3.65. The normalized spacial score (nSPS) is 12.1. The van der Waals surface area contributed by atoms with Gasteiger partial charge in [-0.2, -0.15) is 18.3 Å². The zero-order valence-corrected chi connectivity index (χ0v) is 20.9. The number of amides is 1. The number of phenols is 1. The van der Waals surface area contributed by atoms with Crippen LogP contribution in [0.15, 0.2) is 94.9 Å². The first-order valence-electron chi connectivity index (χ1n) is 11.0. The van der Waals surface area contributed by atoms with E-state index in [1.54, 1.807) is 24.3 Å². The van der Waals surface area contributed by atoms with Crippen LogP contribution in [0.4, 0.5) is 18.9 Å². The second-order valence-electron chi connectivity index (χ2n) is 8.00. The molecule has 0 radical (unpaired) electrons. The summed E-state index contributed by atoms with van der Waals surface area (Å²) in [6.07, 6.45) is -3.60. The van der Waals surface area contributed by atoms with E-state index in [0.717, 1.165) is 11.5 Å². The van der Waals surface area contributed by atoms with E-state index in [-0.39, 0.29) is 15.7 Å². The van der Waals surface area contributed by atoms with Crippen molar-refractivity contribution in [2.24, 2.45) is 5.10 Å². The van der Waals surface area contributed by atoms with E-state index in [0.29, 0.717) is 27.4 Å². The number of aromatic hydroxyl groups is 1. The van der Waals surface area contributed by atoms with Gasteiger partial charge < -0.3 is 5.11 Å². The average molecular weight is 562 g/mol. The molecular weight excluding hydrogens is 543 g/mol. The van der Waals surface area contributed by atoms with Crippen molar-refractivity contribution in [3.05, 3.63) is 101 Å². The Kier molecular flexibility index (Phi) is 7.61. The number of nitrogens with one attached hydrogen (secondary N) is 1. The molecule has 0 aliphatic carbocycles. The SMILES string of the molecule is O=C(CN(c1cc(C(F)(F)F)ccc1Cl)S(=O)(=O)c1ccccc1)NN=Cc1c(O)ccc2ccccc12. The summed E-state index contributed by atoms with van der Waals surface area (Å²) in [5, 5.41) is 15.2. The Hall–Kier alpha value is -4.09. The van der Waals surface area contributed by atoms with Gasteiger partial charge in [0.25, 0.3) is 15.9 Å². The molecule has 0 saturated carbocycles. The molecule has 1 amide bonds. The minimum Gasteiger partial charge on any atom is -0.507 e. The first kappa shape index (κ1) is 27.0. The van der Waals surface area contributed by atoms with Crippen LogP contribution in [0.5, 0.6) is 5.75 Å². The van der Waals surface area contributed by atoms with Gasteiger partial charge in [-0.3, -0.25) is 9.10 Å². The summed E-state index contributed by atoms with van der Waals surface area (Å²) in [6, 6.07) is 19.3. The number of carbonyl (C=O) groups is 1. The van der Waals surface area contributed by atoms with Gasteiger partial charge >= 0.3 is 6.18 Å². The standard InChI is InChI=1S/C26H19ClF3N3O4S/c27-22-12-11-18(26(28,29)30)14-23(22)33(38(36,37)19-7-2-1-3-8-19)16-25(35)32-31-15-21-20-9-5-4-6-17(20)10-13-24(21)34/h1-15,34H,16H2,(H,32,35). The van der Waals surface area contributed by atoms with Gasteiger partial charge in [-0.15, -0.1) is 0 Å². The van der Waals surface area contributed by atoms with Gasteiger partial charge in [0.05, 0.1) is 27.4 Å². The minimum absolute atomic E-state index is 0.106. The predicted octanol–water partition coefficient (Wildman–Crippen LogP) is 5.56. The number of anilines is 1. The summed E-state index contributed by atoms with van der Waals surface area (Å²) in [5.74, 6) is -1.07. The second kappa shape index (κ2) is 10.7. The van der Waals surface area contributed by atoms with Crippen molar-refractivity contribution < 1.29 is 31.5 Å². The second-order valence-corrected chi connectivity index (χ2v) is 10.3. The molecule has 12 heteroatoms. The number of halogens is 4. The summed E-state index contributed by atoms with van der Waals surface area (Å²) in [7, 11) is -4.52. The molecule has 0 spiro atoms. The number of fused-ring (bicyclic) bond motifs is 1. The predicted molar refractivity (Wildman–Crippen MR) is 139 cm³/mol. The topological polar surface area (TPSA) is 99.1 Å². The molecule has 0 heterocycles. The number of benzene rings is 4. The molecule has 0 aromatic heterocycles. The first-order valence-corrected chi connectivity index (χ1v) is 12.8. The summed E-state index contributed by atoms with van der Waals surface area (Å²) >= 11 is 6.11. The van der Waals surface area contributed by atoms with Crippen molar-refractivity contribution >= 4 is 50.2 Å². The van der Waals surface area contributed by atoms with Crippen molar-refractivity contribution in [3.63, 3.8) is 0 Å². The molecule has 0 bridgehead atoms. The molecule has 0 atom stereocenters. The summed E-state index contributed by atoms with van der Waals surface area (Å²) in [6.45, 7) is -0.933. The van der Waals surface area contributed by atoms with Crippen LogP contribution in [0, 0.1) is 0 Å². The van der Waals surface area contributed by atoms with Crippen LogP contribution in [0.2, 0.25) is 5.02 Å². The van der Waals surface area contributed by atoms with Crippen LogP contribution in [-0.4, -0.2) is 32.2 Å². The Bertz CT molecular complexity index is 1630. The van der Waals surface area contributed by atoms with Crippen molar-refractivity contribution in [1.82, 2.24) is 5.43 Å². The maximum Gasteiger partial charge on any atom is 0.416 e. The number of hydrazone groups is 1. The Balaban J connectivity index is 1.67. The van der Waals surface area contributed by atoms with Gasteiger partial charge in [0.1, 0.15) is 12.3 Å². The molecular formula is C26H19ClF3N3O4S. The van der Waals surface area contributed by atoms with Gasteiger partial charge in [-0.25, -0.2) is 13.8 Å². The number of hydrogen-bond acceptors (Lipinski definition) is 5. The lowest BCUT2D eigenvalue weighted by Gasteiger charge is -2.25. The highest BCUT2D eigenvalue weighted by Gasteiger charge is 2.34. The largest absolute Gasteiger partial charge is 0.507 e. The van der Waals surface area contributed by atoms with Crippen molar-refractivity contribution in [1.29, 1.82) is 0 Å². The van der Waals surface area contributed by atoms with E-state index in [1.807, 2.05) is 12.1 Å². The third kappa shape index (κ3) is 5.74. The average Bonchev–Trinajstić information content (AvgIpc) is 2.89. The Morgan fingerprint density at radius 2 is 1.68 bits per heavy atom. The van der Waals surface area contributed by atoms with E-state index in [2.05, 4.69) is 10.5 Å². The van der Waals surface area contributed by atoms with E-state index in [1.165, 1.54) is 36.5 Å². The number of phenolic OH excluding ortho intramolecular Hbond substituents is 1. The highest BCUT2D eigenvalue weighted by atomic mass is 35.5. The molecule has 7 nitrogen and oxygen atoms in total. The van der Waals surface area contributed by atoms with Crippen LogP contribution in [0.1, 0.15) is 11.1 Å². The van der Waals surface area contributed by atoms with Gasteiger partial charge in [0, 0.05) is 5.56 Å². The van der Waals surface area contributed by atoms with E-state index >= 15 is 0 Å². The van der Waals surface area contributed by atoms with Gasteiger partial charge in [0.2, 0.25) is 0 Å². The molecule has 4 aromatic rings. The molecule has 4 aromatic carbocycles. The number of sulfonamides is 1. The molecule has 0 unspecified atom stereocenters. The van der Waals surface area contributed by atoms with E-state index < -0.39 is 39.9 Å². The van der Waals surface area contributed by atoms with E-state index in [9.17, 15) is 31.5 Å². The number of alkyl halides is 3. The lowest BCUT2D eigenvalue weighted by molar-refractivity contribution is -0.137. The number of rotatable bonds is 7. The fraction of sp³-hybridized carbons (Fsp3) is 0.0769. The third-order valence-electron chi connectivity index (χ3n) is 5.49. The molecule has 0 saturated heterocycles. The zero-order valence-electron chi connectivity index (χ0n) is 19.4. The van der Waals surface area contributed by atoms with Crippen LogP contribution >= 0.6 is 11.6 Å². The molecule has 0 fully saturated rings. The number of carbonyl (C=O) groups excluding carboxylic acids is 1. The Morgan fingerprint density at radius 1 is 1.00 bits per heavy atom. The Morgan fingerprint density at radius 3 is 2.39 bits per heavy atom. The molecule has 196 valence electrons. The quantitative estimate of drug-likeness (QED) is 0.228. The van der Waals surface area contributed by atoms with Crippen LogP contribution in [0.3, 0.4) is 0 Å². The molecule has 38 heavy (non-hydrogen) atoms. The smallest absolute Gasteiger partial charge is 0.416 e. The first-order chi connectivity index (χ1) is 18.0. The van der Waals surface area contributed by atoms with Crippen LogP contribution < -0.4 is 9.73 Å². The number of nitrogens with zero attached hydrogens (tertiary/aromatic N) is 2. The molecule has 4 rings (SSSR count). The van der Waals surface area contributed by atoms with Crippen molar-refractivity contribution in [3.8, 4) is 5.75 Å². The van der Waals surface area contributed by atoms with Gasteiger partial charge in [0.15, 0.2) is 0 Å². The minimum atomic E-state index is -4.78. The van der Waals surface area contributed by atoms with Gasteiger partial charge in [-0.05, 0) is 47.2 Å². The molecule has 0 aliphatic rings. The van der Waals surface area contributed by atoms with Crippen LogP contribution in [-0.2, 0) is 21.0 Å². The maximum atomic E-state index is 13.4. The highest BCUT2D eigenvalue weighted by Crippen LogP contribution is 2.37. The fourth-order valence-corrected chi connectivity index (χ4v) is 5.38. The van der Waals surface area contributed by atoms with Crippen molar-refractivity contribution in [2.45, 2.75) is 11.1 Å². The van der Waals surface area contributed by atoms with Gasteiger partial charge in [-0.1, -0.05) is 60.1 Å². The summed E-state index contributed by atoms with van der Waals surface area (Å²) < 4.78 is 67.5. The third-order valence-corrected chi connectivity index (χ3v) is 7.58. The maximum absolute atomic E-state index is 13.4. The Labute approximate surface area is 220 Å². The summed E-state index contributed by atoms with van der Waals surface area (Å²) in [5.41, 5.74) is 0.788. The lowest BCUT2D eigenvalue weighted by atomic mass is 10.0. The molecule has 2 N–H and O–H groups in total. The highest BCUT2D eigenvalue weighted by molar-refractivity contribution is 7.92.